The average Bonchev–Trinajstić information content (AvgIpc) is 3.29. The molecule has 9 nitrogen and oxygen atoms in total. The quantitative estimate of drug-likeness (QED) is 0.330. The second kappa shape index (κ2) is 9.93. The van der Waals surface area contributed by atoms with Crippen LogP contribution in [-0.2, 0) is 38.1 Å². The van der Waals surface area contributed by atoms with E-state index in [2.05, 4.69) is 6.92 Å². The van der Waals surface area contributed by atoms with Gasteiger partial charge in [0, 0.05) is 12.8 Å². The lowest BCUT2D eigenvalue weighted by molar-refractivity contribution is -0.224. The number of hydrogen-bond donors (Lipinski definition) is 1. The number of rotatable bonds is 8. The zero-order chi connectivity index (χ0) is 29.6. The van der Waals surface area contributed by atoms with E-state index in [1.54, 1.807) is 13.8 Å². The molecule has 0 aromatic carbocycles. The van der Waals surface area contributed by atoms with E-state index in [0.717, 1.165) is 44.9 Å². The molecule has 0 amide bonds. The van der Waals surface area contributed by atoms with Gasteiger partial charge in [-0.05, 0) is 107 Å². The van der Waals surface area contributed by atoms with Gasteiger partial charge in [0.05, 0.1) is 30.0 Å². The van der Waals surface area contributed by atoms with E-state index in [1.807, 2.05) is 0 Å². The maximum absolute atomic E-state index is 13.9. The minimum Gasteiger partial charge on any atom is -0.463 e. The molecule has 8 bridgehead atoms. The second-order valence-corrected chi connectivity index (χ2v) is 15.7. The Morgan fingerprint density at radius 1 is 0.810 bits per heavy atom. The maximum Gasteiger partial charge on any atom is 0.347 e. The van der Waals surface area contributed by atoms with E-state index in [4.69, 9.17) is 18.9 Å². The van der Waals surface area contributed by atoms with Gasteiger partial charge >= 0.3 is 23.9 Å². The molecule has 0 aromatic rings. The molecule has 9 rings (SSSR count). The zero-order valence-corrected chi connectivity index (χ0v) is 25.2. The van der Waals surface area contributed by atoms with Crippen molar-refractivity contribution in [2.75, 3.05) is 6.61 Å². The Balaban J connectivity index is 1.10. The summed E-state index contributed by atoms with van der Waals surface area (Å²) in [6.07, 6.45) is 9.13. The summed E-state index contributed by atoms with van der Waals surface area (Å²) in [5, 5.41) is 11.2. The highest BCUT2D eigenvalue weighted by molar-refractivity contribution is 5.89. The summed E-state index contributed by atoms with van der Waals surface area (Å²) in [5.41, 5.74) is -2.13. The molecule has 1 aliphatic heterocycles. The first-order valence-corrected chi connectivity index (χ1v) is 16.4. The molecule has 42 heavy (non-hydrogen) atoms. The van der Waals surface area contributed by atoms with Crippen LogP contribution in [0.25, 0.3) is 0 Å². The van der Waals surface area contributed by atoms with E-state index in [9.17, 15) is 24.3 Å². The van der Waals surface area contributed by atoms with Gasteiger partial charge in [-0.15, -0.1) is 0 Å². The highest BCUT2D eigenvalue weighted by Crippen LogP contribution is 2.60. The van der Waals surface area contributed by atoms with E-state index >= 15 is 0 Å². The van der Waals surface area contributed by atoms with Gasteiger partial charge in [0.25, 0.3) is 0 Å². The smallest absolute Gasteiger partial charge is 0.347 e. The Hall–Kier alpha value is -2.16. The van der Waals surface area contributed by atoms with Crippen molar-refractivity contribution in [2.24, 2.45) is 53.3 Å². The van der Waals surface area contributed by atoms with Crippen molar-refractivity contribution < 1.29 is 43.2 Å². The number of hydrogen-bond acceptors (Lipinski definition) is 9. The van der Waals surface area contributed by atoms with Crippen LogP contribution in [0.5, 0.6) is 0 Å². The molecule has 1 heterocycles. The number of carbonyl (C=O) groups is 4. The number of aliphatic hydroxyl groups is 1. The maximum atomic E-state index is 13.9. The van der Waals surface area contributed by atoms with Gasteiger partial charge in [-0.3, -0.25) is 14.4 Å². The Morgan fingerprint density at radius 3 is 1.88 bits per heavy atom. The average molecular weight is 587 g/mol. The summed E-state index contributed by atoms with van der Waals surface area (Å²) in [6.45, 7) is 5.44. The molecule has 8 saturated carbocycles. The second-order valence-electron chi connectivity index (χ2n) is 15.7. The largest absolute Gasteiger partial charge is 0.463 e. The van der Waals surface area contributed by atoms with Gasteiger partial charge in [0.1, 0.15) is 11.2 Å². The van der Waals surface area contributed by atoms with Crippen LogP contribution in [0.2, 0.25) is 0 Å². The molecule has 6 unspecified atom stereocenters. The molecule has 1 saturated heterocycles. The fraction of sp³-hybridized carbons (Fsp3) is 0.879. The molecule has 9 aliphatic rings. The SMILES string of the molecule is CC(C(=O)OC12CC3CC(CC(O)(C3)C1)C2)C(C(=O)OC1CCOC1=O)C(C)C(=O)OC1(C)C2CC3CC(C2)CC1C3. The van der Waals surface area contributed by atoms with E-state index < -0.39 is 64.5 Å². The van der Waals surface area contributed by atoms with Crippen molar-refractivity contribution in [1.29, 1.82) is 0 Å². The number of esters is 4. The minimum atomic E-state index is -1.18. The molecule has 0 radical (unpaired) electrons. The predicted octanol–water partition coefficient (Wildman–Crippen LogP) is 4.12. The third-order valence-electron chi connectivity index (χ3n) is 12.6. The Kier molecular flexibility index (Phi) is 6.76. The van der Waals surface area contributed by atoms with Crippen LogP contribution in [0.4, 0.5) is 0 Å². The molecule has 9 fully saturated rings. The number of cyclic esters (lactones) is 1. The van der Waals surface area contributed by atoms with Crippen molar-refractivity contribution >= 4 is 23.9 Å². The summed E-state index contributed by atoms with van der Waals surface area (Å²) < 4.78 is 23.1. The fourth-order valence-electron chi connectivity index (χ4n) is 11.1. The van der Waals surface area contributed by atoms with Crippen molar-refractivity contribution in [2.45, 2.75) is 121 Å². The molecule has 0 aromatic heterocycles. The molecule has 0 spiro atoms. The highest BCUT2D eigenvalue weighted by atomic mass is 16.6. The van der Waals surface area contributed by atoms with Crippen molar-refractivity contribution in [3.05, 3.63) is 0 Å². The molecule has 8 aliphatic carbocycles. The molecular formula is C33H46O9. The van der Waals surface area contributed by atoms with Crippen LogP contribution in [-0.4, -0.2) is 58.5 Å². The topological polar surface area (TPSA) is 125 Å². The third kappa shape index (κ3) is 4.76. The lowest BCUT2D eigenvalue weighted by Crippen LogP contribution is -2.61. The number of ether oxygens (including phenoxy) is 4. The molecular weight excluding hydrogens is 540 g/mol. The van der Waals surface area contributed by atoms with Crippen molar-refractivity contribution in [3.63, 3.8) is 0 Å². The summed E-state index contributed by atoms with van der Waals surface area (Å²) >= 11 is 0. The Labute approximate surface area is 247 Å². The molecule has 6 atom stereocenters. The zero-order valence-electron chi connectivity index (χ0n) is 25.2. The Bertz CT molecular complexity index is 1120. The van der Waals surface area contributed by atoms with Crippen LogP contribution in [0.1, 0.15) is 97.8 Å². The molecule has 1 N–H and O–H groups in total. The number of carbonyl (C=O) groups excluding carboxylic acids is 4. The summed E-state index contributed by atoms with van der Waals surface area (Å²) in [7, 11) is 0. The van der Waals surface area contributed by atoms with Crippen LogP contribution in [0.3, 0.4) is 0 Å². The van der Waals surface area contributed by atoms with Gasteiger partial charge in [-0.25, -0.2) is 4.79 Å². The van der Waals surface area contributed by atoms with Gasteiger partial charge in [0.15, 0.2) is 0 Å². The van der Waals surface area contributed by atoms with Gasteiger partial charge in [0.2, 0.25) is 6.10 Å². The van der Waals surface area contributed by atoms with Crippen LogP contribution in [0, 0.1) is 53.3 Å². The van der Waals surface area contributed by atoms with Crippen LogP contribution in [0.15, 0.2) is 0 Å². The molecule has 9 heteroatoms. The van der Waals surface area contributed by atoms with Crippen LogP contribution < -0.4 is 0 Å². The van der Waals surface area contributed by atoms with Crippen LogP contribution >= 0.6 is 0 Å². The van der Waals surface area contributed by atoms with E-state index in [0.29, 0.717) is 54.8 Å². The Morgan fingerprint density at radius 2 is 1.36 bits per heavy atom. The highest BCUT2D eigenvalue weighted by Gasteiger charge is 2.60. The standard InChI is InChI=1S/C33H46O9/c1-17(27(34)41-31(3)23-8-19-6-20(10-23)11-24(31)9-19)26(30(37)40-25-4-5-39-29(25)36)18(2)28(35)42-33-14-21-7-22(15-33)13-32(38,12-21)16-33/h17-26,38H,4-16H2,1-3H3. The first kappa shape index (κ1) is 28.6. The summed E-state index contributed by atoms with van der Waals surface area (Å²) in [6, 6.07) is 0. The first-order valence-electron chi connectivity index (χ1n) is 16.4. The predicted molar refractivity (Wildman–Crippen MR) is 147 cm³/mol. The normalized spacial score (nSPS) is 46.6. The van der Waals surface area contributed by atoms with Crippen molar-refractivity contribution in [3.8, 4) is 0 Å². The monoisotopic (exact) mass is 586 g/mol. The summed E-state index contributed by atoms with van der Waals surface area (Å²) in [5.74, 6) is -2.96. The van der Waals surface area contributed by atoms with E-state index in [-0.39, 0.29) is 13.0 Å². The fourth-order valence-corrected chi connectivity index (χ4v) is 11.1. The van der Waals surface area contributed by atoms with Crippen molar-refractivity contribution in [1.82, 2.24) is 0 Å². The lowest BCUT2D eigenvalue weighted by atomic mass is 9.50. The van der Waals surface area contributed by atoms with Gasteiger partial charge in [-0.1, -0.05) is 13.8 Å². The molecule has 232 valence electrons. The van der Waals surface area contributed by atoms with Gasteiger partial charge in [-0.2, -0.15) is 0 Å². The van der Waals surface area contributed by atoms with Gasteiger partial charge < -0.3 is 24.1 Å². The lowest BCUT2D eigenvalue weighted by Gasteiger charge is -2.59. The third-order valence-corrected chi connectivity index (χ3v) is 12.6. The summed E-state index contributed by atoms with van der Waals surface area (Å²) in [4.78, 5) is 53.5. The first-order chi connectivity index (χ1) is 19.9. The minimum absolute atomic E-state index is 0.160. The van der Waals surface area contributed by atoms with E-state index in [1.165, 1.54) is 6.42 Å².